The molecule has 0 fully saturated rings. The number of amides is 1. The maximum absolute atomic E-state index is 11.9. The summed E-state index contributed by atoms with van der Waals surface area (Å²) in [6.45, 7) is 1.44. The van der Waals surface area contributed by atoms with Gasteiger partial charge >= 0.3 is 0 Å². The molecule has 22 heavy (non-hydrogen) atoms. The topological polar surface area (TPSA) is 93.3 Å². The highest BCUT2D eigenvalue weighted by Crippen LogP contribution is 2.41. The van der Waals surface area contributed by atoms with E-state index in [0.29, 0.717) is 27.9 Å². The molecule has 0 bridgehead atoms. The quantitative estimate of drug-likeness (QED) is 0.556. The molecule has 3 rings (SSSR count). The summed E-state index contributed by atoms with van der Waals surface area (Å²) in [6.07, 6.45) is 0. The van der Waals surface area contributed by atoms with Crippen molar-refractivity contribution in [3.8, 4) is 22.9 Å². The Kier molecular flexibility index (Phi) is 3.08. The highest BCUT2D eigenvalue weighted by atomic mass is 16.3. The number of allylic oxidation sites excluding steroid dienone is 1. The third-order valence-corrected chi connectivity index (χ3v) is 3.57. The number of aromatic hydroxyl groups is 1. The first-order valence-corrected chi connectivity index (χ1v) is 6.60. The lowest BCUT2D eigenvalue weighted by Gasteiger charge is -2.08. The second-order valence-electron chi connectivity index (χ2n) is 5.02. The standard InChI is InChI=1S/C17H12N2O3/c1-9(20)16-13-6-12(11-4-2-10(8-18)3-5-11)15(21)7-14(13)19-17(16)22/h2-7,20-21H,1H3,(H,19,22)/b16-9+. The Labute approximate surface area is 126 Å². The average Bonchev–Trinajstić information content (AvgIpc) is 2.81. The summed E-state index contributed by atoms with van der Waals surface area (Å²) in [5.74, 6) is -0.459. The van der Waals surface area contributed by atoms with Crippen molar-refractivity contribution in [1.82, 2.24) is 0 Å². The molecule has 5 heteroatoms. The molecular weight excluding hydrogens is 280 g/mol. The minimum atomic E-state index is -0.397. The fourth-order valence-electron chi connectivity index (χ4n) is 2.52. The molecule has 0 spiro atoms. The van der Waals surface area contributed by atoms with E-state index in [0.717, 1.165) is 0 Å². The molecule has 108 valence electrons. The zero-order chi connectivity index (χ0) is 15.9. The minimum Gasteiger partial charge on any atom is -0.512 e. The van der Waals surface area contributed by atoms with Gasteiger partial charge in [-0.25, -0.2) is 0 Å². The van der Waals surface area contributed by atoms with Gasteiger partial charge < -0.3 is 15.5 Å². The lowest BCUT2D eigenvalue weighted by molar-refractivity contribution is -0.110. The number of carbonyl (C=O) groups excluding carboxylic acids is 1. The first-order valence-electron chi connectivity index (χ1n) is 6.60. The SMILES string of the molecule is C/C(O)=C1\C(=O)Nc2cc(O)c(-c3ccc(C#N)cc3)cc21. The second-order valence-corrected chi connectivity index (χ2v) is 5.02. The first-order chi connectivity index (χ1) is 10.5. The summed E-state index contributed by atoms with van der Waals surface area (Å²) in [6, 6.07) is 11.9. The van der Waals surface area contributed by atoms with Gasteiger partial charge in [-0.15, -0.1) is 0 Å². The Morgan fingerprint density at radius 2 is 1.86 bits per heavy atom. The summed E-state index contributed by atoms with van der Waals surface area (Å²) in [5.41, 5.74) is 2.97. The number of nitrogens with zero attached hydrogens (tertiary/aromatic N) is 1. The van der Waals surface area contributed by atoms with E-state index < -0.39 is 5.91 Å². The second kappa shape index (κ2) is 4.93. The molecule has 0 aromatic heterocycles. The number of hydrogen-bond donors (Lipinski definition) is 3. The molecule has 2 aromatic rings. The number of nitrogens with one attached hydrogen (secondary N) is 1. The van der Waals surface area contributed by atoms with E-state index in [1.54, 1.807) is 30.3 Å². The molecule has 1 aliphatic rings. The van der Waals surface area contributed by atoms with Crippen molar-refractivity contribution >= 4 is 17.2 Å². The van der Waals surface area contributed by atoms with Crippen LogP contribution in [0.15, 0.2) is 42.2 Å². The molecule has 1 heterocycles. The number of phenolic OH excluding ortho intramolecular Hbond substituents is 1. The average molecular weight is 292 g/mol. The molecule has 0 unspecified atom stereocenters. The highest BCUT2D eigenvalue weighted by Gasteiger charge is 2.28. The summed E-state index contributed by atoms with van der Waals surface area (Å²) < 4.78 is 0. The van der Waals surface area contributed by atoms with Crippen LogP contribution >= 0.6 is 0 Å². The fourth-order valence-corrected chi connectivity index (χ4v) is 2.52. The van der Waals surface area contributed by atoms with Crippen LogP contribution in [-0.2, 0) is 4.79 Å². The number of carbonyl (C=O) groups is 1. The Hall–Kier alpha value is -3.26. The van der Waals surface area contributed by atoms with E-state index in [4.69, 9.17) is 5.26 Å². The van der Waals surface area contributed by atoms with Gasteiger partial charge in [-0.1, -0.05) is 12.1 Å². The maximum Gasteiger partial charge on any atom is 0.259 e. The number of hydrogen-bond acceptors (Lipinski definition) is 4. The highest BCUT2D eigenvalue weighted by molar-refractivity contribution is 6.32. The number of anilines is 1. The van der Waals surface area contributed by atoms with Gasteiger partial charge in [0, 0.05) is 17.2 Å². The molecule has 0 aliphatic carbocycles. The van der Waals surface area contributed by atoms with Crippen molar-refractivity contribution in [3.63, 3.8) is 0 Å². The Morgan fingerprint density at radius 3 is 2.45 bits per heavy atom. The molecule has 0 atom stereocenters. The van der Waals surface area contributed by atoms with Crippen molar-refractivity contribution in [2.75, 3.05) is 5.32 Å². The number of nitriles is 1. The van der Waals surface area contributed by atoms with Gasteiger partial charge in [0.1, 0.15) is 11.5 Å². The normalized spacial score (nSPS) is 15.0. The van der Waals surface area contributed by atoms with Crippen molar-refractivity contribution < 1.29 is 15.0 Å². The van der Waals surface area contributed by atoms with Gasteiger partial charge in [0.2, 0.25) is 0 Å². The van der Waals surface area contributed by atoms with Crippen molar-refractivity contribution in [3.05, 3.63) is 53.3 Å². The number of aliphatic hydroxyl groups excluding tert-OH is 1. The van der Waals surface area contributed by atoms with Crippen LogP contribution in [0.25, 0.3) is 16.7 Å². The number of benzene rings is 2. The largest absolute Gasteiger partial charge is 0.512 e. The predicted octanol–water partition coefficient (Wildman–Crippen LogP) is 3.17. The molecule has 1 amide bonds. The summed E-state index contributed by atoms with van der Waals surface area (Å²) in [7, 11) is 0. The lowest BCUT2D eigenvalue weighted by atomic mass is 9.97. The van der Waals surface area contributed by atoms with Gasteiger partial charge in [0.15, 0.2) is 0 Å². The first kappa shape index (κ1) is 13.7. The molecule has 0 radical (unpaired) electrons. The molecule has 3 N–H and O–H groups in total. The van der Waals surface area contributed by atoms with Crippen LogP contribution in [0.3, 0.4) is 0 Å². The molecule has 2 aromatic carbocycles. The zero-order valence-corrected chi connectivity index (χ0v) is 11.7. The number of rotatable bonds is 1. The summed E-state index contributed by atoms with van der Waals surface area (Å²) >= 11 is 0. The van der Waals surface area contributed by atoms with Crippen molar-refractivity contribution in [2.45, 2.75) is 6.92 Å². The van der Waals surface area contributed by atoms with Crippen LogP contribution in [0.4, 0.5) is 5.69 Å². The number of aliphatic hydroxyl groups is 1. The lowest BCUT2D eigenvalue weighted by Crippen LogP contribution is -2.05. The van der Waals surface area contributed by atoms with Crippen LogP contribution in [-0.4, -0.2) is 16.1 Å². The summed E-state index contributed by atoms with van der Waals surface area (Å²) in [5, 5.41) is 31.3. The fraction of sp³-hybridized carbons (Fsp3) is 0.0588. The van der Waals surface area contributed by atoms with E-state index in [2.05, 4.69) is 5.32 Å². The Bertz CT molecular complexity index is 855. The maximum atomic E-state index is 11.9. The Morgan fingerprint density at radius 1 is 1.18 bits per heavy atom. The number of fused-ring (bicyclic) bond motifs is 1. The Balaban J connectivity index is 2.18. The molecular formula is C17H12N2O3. The van der Waals surface area contributed by atoms with Crippen LogP contribution in [0.5, 0.6) is 5.75 Å². The van der Waals surface area contributed by atoms with Gasteiger partial charge in [-0.05, 0) is 30.7 Å². The van der Waals surface area contributed by atoms with Gasteiger partial charge in [0.05, 0.1) is 22.9 Å². The van der Waals surface area contributed by atoms with Crippen LogP contribution in [0.1, 0.15) is 18.1 Å². The van der Waals surface area contributed by atoms with Gasteiger partial charge in [0.25, 0.3) is 5.91 Å². The van der Waals surface area contributed by atoms with E-state index in [9.17, 15) is 15.0 Å². The van der Waals surface area contributed by atoms with Crippen molar-refractivity contribution in [2.24, 2.45) is 0 Å². The molecule has 5 nitrogen and oxygen atoms in total. The van der Waals surface area contributed by atoms with Gasteiger partial charge in [-0.3, -0.25) is 4.79 Å². The smallest absolute Gasteiger partial charge is 0.259 e. The van der Waals surface area contributed by atoms with Crippen LogP contribution in [0.2, 0.25) is 0 Å². The zero-order valence-electron chi connectivity index (χ0n) is 11.7. The summed E-state index contributed by atoms with van der Waals surface area (Å²) in [4.78, 5) is 11.9. The van der Waals surface area contributed by atoms with E-state index in [1.807, 2.05) is 6.07 Å². The number of phenols is 1. The minimum absolute atomic E-state index is 0.0144. The molecule has 0 saturated carbocycles. The molecule has 0 saturated heterocycles. The molecule has 1 aliphatic heterocycles. The third kappa shape index (κ3) is 2.07. The third-order valence-electron chi connectivity index (χ3n) is 3.57. The monoisotopic (exact) mass is 292 g/mol. The van der Waals surface area contributed by atoms with Gasteiger partial charge in [-0.2, -0.15) is 5.26 Å². The van der Waals surface area contributed by atoms with E-state index in [1.165, 1.54) is 13.0 Å². The van der Waals surface area contributed by atoms with E-state index >= 15 is 0 Å². The predicted molar refractivity (Wildman–Crippen MR) is 82.1 cm³/mol. The van der Waals surface area contributed by atoms with E-state index in [-0.39, 0.29) is 17.1 Å². The van der Waals surface area contributed by atoms with Crippen molar-refractivity contribution in [1.29, 1.82) is 5.26 Å². The van der Waals surface area contributed by atoms with Crippen LogP contribution < -0.4 is 5.32 Å². The van der Waals surface area contributed by atoms with Crippen LogP contribution in [0, 0.1) is 11.3 Å².